The van der Waals surface area contributed by atoms with Crippen molar-refractivity contribution in [2.45, 2.75) is 13.0 Å². The highest BCUT2D eigenvalue weighted by atomic mass is 79.9. The number of amides is 1. The predicted molar refractivity (Wildman–Crippen MR) is 123 cm³/mol. The van der Waals surface area contributed by atoms with Crippen LogP contribution in [-0.2, 0) is 4.79 Å². The first-order valence-electron chi connectivity index (χ1n) is 9.23. The lowest BCUT2D eigenvalue weighted by Gasteiger charge is -2.12. The minimum absolute atomic E-state index is 0.397. The molecular weight excluding hydrogens is 484 g/mol. The van der Waals surface area contributed by atoms with Crippen LogP contribution in [0.2, 0.25) is 5.02 Å². The highest BCUT2D eigenvalue weighted by molar-refractivity contribution is 9.10. The number of benzene rings is 3. The monoisotopic (exact) mass is 500 g/mol. The van der Waals surface area contributed by atoms with Crippen molar-refractivity contribution < 1.29 is 19.1 Å². The minimum Gasteiger partial charge on any atom is -0.481 e. The Bertz CT molecular complexity index is 1090. The number of ether oxygens (including phenoxy) is 2. The van der Waals surface area contributed by atoms with Crippen LogP contribution in [0.25, 0.3) is 0 Å². The number of nitrogens with one attached hydrogen (secondary N) is 1. The van der Waals surface area contributed by atoms with Crippen LogP contribution in [0.5, 0.6) is 11.5 Å². The molecule has 0 unspecified atom stereocenters. The second kappa shape index (κ2) is 10.7. The summed E-state index contributed by atoms with van der Waals surface area (Å²) in [6.07, 6.45) is 0.741. The van der Waals surface area contributed by atoms with Crippen molar-refractivity contribution >= 4 is 45.6 Å². The summed E-state index contributed by atoms with van der Waals surface area (Å²) in [6.45, 7) is 1.62. The van der Waals surface area contributed by atoms with Gasteiger partial charge in [0.25, 0.3) is 5.91 Å². The summed E-state index contributed by atoms with van der Waals surface area (Å²) in [5.41, 5.74) is 3.58. The molecule has 0 aliphatic carbocycles. The maximum atomic E-state index is 12.2. The van der Waals surface area contributed by atoms with Gasteiger partial charge in [-0.15, -0.1) is 0 Å². The predicted octanol–water partition coefficient (Wildman–Crippen LogP) is 5.24. The van der Waals surface area contributed by atoms with Crippen LogP contribution in [0.3, 0.4) is 0 Å². The van der Waals surface area contributed by atoms with Crippen LogP contribution in [0, 0.1) is 0 Å². The Kier molecular flexibility index (Phi) is 7.81. The van der Waals surface area contributed by atoms with Gasteiger partial charge in [0.1, 0.15) is 11.5 Å². The molecule has 0 saturated carbocycles. The van der Waals surface area contributed by atoms with E-state index in [1.807, 2.05) is 6.07 Å². The largest absolute Gasteiger partial charge is 0.481 e. The molecule has 3 aromatic carbocycles. The zero-order valence-electron chi connectivity index (χ0n) is 16.4. The van der Waals surface area contributed by atoms with E-state index in [4.69, 9.17) is 21.1 Å². The van der Waals surface area contributed by atoms with E-state index in [0.717, 1.165) is 4.47 Å². The molecule has 1 N–H and O–H groups in total. The van der Waals surface area contributed by atoms with Gasteiger partial charge in [-0.25, -0.2) is 10.2 Å². The van der Waals surface area contributed by atoms with E-state index in [2.05, 4.69) is 26.5 Å². The number of rotatable bonds is 7. The van der Waals surface area contributed by atoms with E-state index in [0.29, 0.717) is 27.6 Å². The summed E-state index contributed by atoms with van der Waals surface area (Å²) in [7, 11) is 0. The van der Waals surface area contributed by atoms with Gasteiger partial charge in [0.2, 0.25) is 0 Å². The van der Waals surface area contributed by atoms with Gasteiger partial charge in [-0.05, 0) is 79.2 Å². The van der Waals surface area contributed by atoms with E-state index in [9.17, 15) is 9.59 Å². The molecule has 158 valence electrons. The Balaban J connectivity index is 1.50. The van der Waals surface area contributed by atoms with Crippen molar-refractivity contribution in [2.24, 2.45) is 5.10 Å². The zero-order valence-corrected chi connectivity index (χ0v) is 18.8. The van der Waals surface area contributed by atoms with Gasteiger partial charge >= 0.3 is 5.97 Å². The zero-order chi connectivity index (χ0) is 22.2. The molecular formula is C23H18BrClN2O4. The molecule has 3 rings (SSSR count). The topological polar surface area (TPSA) is 77.0 Å². The quantitative estimate of drug-likeness (QED) is 0.208. The molecule has 0 bridgehead atoms. The molecule has 0 radical (unpaired) electrons. The third kappa shape index (κ3) is 6.94. The van der Waals surface area contributed by atoms with E-state index in [1.54, 1.807) is 73.7 Å². The highest BCUT2D eigenvalue weighted by Gasteiger charge is 2.14. The van der Waals surface area contributed by atoms with Gasteiger partial charge in [0.15, 0.2) is 6.10 Å². The summed E-state index contributed by atoms with van der Waals surface area (Å²) in [5, 5.41) is 4.51. The molecule has 0 heterocycles. The van der Waals surface area contributed by atoms with Crippen LogP contribution >= 0.6 is 27.5 Å². The van der Waals surface area contributed by atoms with Crippen LogP contribution in [0.4, 0.5) is 0 Å². The number of hydrogen-bond donors (Lipinski definition) is 1. The average molecular weight is 502 g/mol. The molecule has 0 spiro atoms. The Morgan fingerprint density at radius 1 is 1.03 bits per heavy atom. The smallest absolute Gasteiger partial charge is 0.343 e. The summed E-state index contributed by atoms with van der Waals surface area (Å²) >= 11 is 9.15. The van der Waals surface area contributed by atoms with E-state index >= 15 is 0 Å². The second-order valence-electron chi connectivity index (χ2n) is 6.42. The third-order valence-corrected chi connectivity index (χ3v) is 4.78. The van der Waals surface area contributed by atoms with Crippen molar-refractivity contribution in [2.75, 3.05) is 0 Å². The van der Waals surface area contributed by atoms with Gasteiger partial charge < -0.3 is 9.47 Å². The van der Waals surface area contributed by atoms with E-state index in [1.165, 1.54) is 6.21 Å². The Morgan fingerprint density at radius 3 is 2.39 bits per heavy atom. The van der Waals surface area contributed by atoms with Gasteiger partial charge in [-0.3, -0.25) is 4.79 Å². The molecule has 0 aliphatic rings. The average Bonchev–Trinajstić information content (AvgIpc) is 2.76. The number of esters is 1. The lowest BCUT2D eigenvalue weighted by molar-refractivity contribution is -0.127. The number of nitrogens with zero attached hydrogens (tertiary/aromatic N) is 1. The van der Waals surface area contributed by atoms with Gasteiger partial charge in [-0.2, -0.15) is 5.10 Å². The molecule has 1 atom stereocenters. The summed E-state index contributed by atoms with van der Waals surface area (Å²) < 4.78 is 11.7. The van der Waals surface area contributed by atoms with Crippen molar-refractivity contribution in [3.05, 3.63) is 93.4 Å². The number of hydrogen-bond acceptors (Lipinski definition) is 5. The Morgan fingerprint density at radius 2 is 1.71 bits per heavy atom. The molecule has 8 heteroatoms. The maximum Gasteiger partial charge on any atom is 0.343 e. The van der Waals surface area contributed by atoms with Crippen LogP contribution in [0.1, 0.15) is 22.8 Å². The lowest BCUT2D eigenvalue weighted by Crippen LogP contribution is -2.33. The maximum absolute atomic E-state index is 12.2. The molecule has 6 nitrogen and oxygen atoms in total. The SMILES string of the molecule is C[C@@H](Oc1ccc(Cl)cc1)C(=O)N/N=C\c1ccc(OC(=O)c2cccc(Br)c2)cc1. The van der Waals surface area contributed by atoms with Crippen molar-refractivity contribution in [1.29, 1.82) is 0 Å². The number of hydrazone groups is 1. The molecule has 0 aromatic heterocycles. The number of carbonyl (C=O) groups is 2. The Labute approximate surface area is 193 Å². The van der Waals surface area contributed by atoms with Gasteiger partial charge in [-0.1, -0.05) is 33.6 Å². The van der Waals surface area contributed by atoms with E-state index in [-0.39, 0.29) is 0 Å². The fourth-order valence-electron chi connectivity index (χ4n) is 2.44. The molecule has 0 saturated heterocycles. The Hall–Kier alpha value is -3.16. The number of halogens is 2. The highest BCUT2D eigenvalue weighted by Crippen LogP contribution is 2.17. The van der Waals surface area contributed by atoms with Gasteiger partial charge in [0.05, 0.1) is 11.8 Å². The van der Waals surface area contributed by atoms with Crippen LogP contribution < -0.4 is 14.9 Å². The first-order valence-corrected chi connectivity index (χ1v) is 10.4. The fourth-order valence-corrected chi connectivity index (χ4v) is 2.96. The van der Waals surface area contributed by atoms with E-state index < -0.39 is 18.0 Å². The third-order valence-electron chi connectivity index (χ3n) is 4.04. The number of carbonyl (C=O) groups excluding carboxylic acids is 2. The van der Waals surface area contributed by atoms with Crippen LogP contribution in [-0.4, -0.2) is 24.2 Å². The lowest BCUT2D eigenvalue weighted by atomic mass is 10.2. The summed E-state index contributed by atoms with van der Waals surface area (Å²) in [6, 6.07) is 20.4. The molecule has 3 aromatic rings. The molecule has 0 fully saturated rings. The van der Waals surface area contributed by atoms with Crippen LogP contribution in [0.15, 0.2) is 82.4 Å². The fraction of sp³-hybridized carbons (Fsp3) is 0.0870. The standard InChI is InChI=1S/C23H18BrClN2O4/c1-15(30-20-11-7-19(25)8-12-20)22(28)27-26-14-16-5-9-21(10-6-16)31-23(29)17-3-2-4-18(24)13-17/h2-15H,1H3,(H,27,28)/b26-14-/t15-/m1/s1. The van der Waals surface area contributed by atoms with Crippen molar-refractivity contribution in [1.82, 2.24) is 5.43 Å². The molecule has 1 amide bonds. The first-order chi connectivity index (χ1) is 14.9. The second-order valence-corrected chi connectivity index (χ2v) is 7.77. The summed E-state index contributed by atoms with van der Waals surface area (Å²) in [4.78, 5) is 24.3. The van der Waals surface area contributed by atoms with Crippen molar-refractivity contribution in [3.63, 3.8) is 0 Å². The first kappa shape index (κ1) is 22.5. The normalized spacial score (nSPS) is 11.7. The molecule has 0 aliphatic heterocycles. The van der Waals surface area contributed by atoms with Gasteiger partial charge in [0, 0.05) is 9.50 Å². The summed E-state index contributed by atoms with van der Waals surface area (Å²) in [5.74, 6) is 0.0793. The molecule has 31 heavy (non-hydrogen) atoms. The van der Waals surface area contributed by atoms with Crippen molar-refractivity contribution in [3.8, 4) is 11.5 Å². The minimum atomic E-state index is -0.738.